The van der Waals surface area contributed by atoms with Gasteiger partial charge in [-0.25, -0.2) is 4.79 Å². The van der Waals surface area contributed by atoms with Gasteiger partial charge in [0.25, 0.3) is 0 Å². The van der Waals surface area contributed by atoms with Gasteiger partial charge in [0.05, 0.1) is 6.20 Å². The van der Waals surface area contributed by atoms with Gasteiger partial charge in [0.15, 0.2) is 5.75 Å². The first-order chi connectivity index (χ1) is 7.18. The minimum atomic E-state index is -0.427. The van der Waals surface area contributed by atoms with Crippen molar-refractivity contribution in [1.82, 2.24) is 10.3 Å². The maximum atomic E-state index is 11.2. The number of carbonyl (C=O) groups is 1. The number of pyridine rings is 1. The van der Waals surface area contributed by atoms with Crippen LogP contribution in [-0.2, 0) is 0 Å². The number of ether oxygens (including phenoxy) is 1. The van der Waals surface area contributed by atoms with Crippen LogP contribution < -0.4 is 10.1 Å². The lowest BCUT2D eigenvalue weighted by atomic mass is 10.1. The monoisotopic (exact) mass is 208 g/mol. The molecular weight excluding hydrogens is 192 g/mol. The van der Waals surface area contributed by atoms with Crippen LogP contribution in [0.5, 0.6) is 5.75 Å². The maximum absolute atomic E-state index is 11.2. The van der Waals surface area contributed by atoms with Crippen LogP contribution in [0.25, 0.3) is 0 Å². The summed E-state index contributed by atoms with van der Waals surface area (Å²) in [5, 5.41) is 2.67. The molecule has 1 heterocycles. The van der Waals surface area contributed by atoms with Crippen molar-refractivity contribution < 1.29 is 9.53 Å². The van der Waals surface area contributed by atoms with E-state index in [1.165, 1.54) is 6.20 Å². The van der Waals surface area contributed by atoms with Crippen LogP contribution in [0.2, 0.25) is 0 Å². The Kier molecular flexibility index (Phi) is 4.60. The lowest BCUT2D eigenvalue weighted by Gasteiger charge is -2.07. The lowest BCUT2D eigenvalue weighted by Crippen LogP contribution is -2.28. The highest BCUT2D eigenvalue weighted by atomic mass is 16.6. The number of hydrogen-bond donors (Lipinski definition) is 1. The summed E-state index contributed by atoms with van der Waals surface area (Å²) in [6.07, 6.45) is 3.65. The molecule has 0 aliphatic carbocycles. The van der Waals surface area contributed by atoms with Crippen LogP contribution in [0.3, 0.4) is 0 Å². The van der Waals surface area contributed by atoms with E-state index in [2.05, 4.69) is 24.1 Å². The Morgan fingerprint density at radius 3 is 3.00 bits per heavy atom. The van der Waals surface area contributed by atoms with Gasteiger partial charge in [-0.15, -0.1) is 0 Å². The molecule has 1 aromatic heterocycles. The van der Waals surface area contributed by atoms with Gasteiger partial charge in [0.2, 0.25) is 0 Å². The van der Waals surface area contributed by atoms with E-state index in [4.69, 9.17) is 4.74 Å². The Morgan fingerprint density at radius 1 is 1.60 bits per heavy atom. The molecule has 0 atom stereocenters. The zero-order valence-corrected chi connectivity index (χ0v) is 9.06. The van der Waals surface area contributed by atoms with Crippen molar-refractivity contribution in [1.29, 1.82) is 0 Å². The van der Waals surface area contributed by atoms with Gasteiger partial charge in [-0.1, -0.05) is 13.8 Å². The van der Waals surface area contributed by atoms with Gasteiger partial charge in [-0.05, 0) is 24.5 Å². The van der Waals surface area contributed by atoms with Crippen LogP contribution in [0, 0.1) is 5.92 Å². The van der Waals surface area contributed by atoms with Crippen molar-refractivity contribution >= 4 is 6.09 Å². The van der Waals surface area contributed by atoms with Crippen LogP contribution in [0.1, 0.15) is 20.3 Å². The Hall–Kier alpha value is -1.58. The van der Waals surface area contributed by atoms with Crippen LogP contribution in [-0.4, -0.2) is 17.6 Å². The SMILES string of the molecule is CC(C)CCNC(=O)Oc1cccnc1. The van der Waals surface area contributed by atoms with Gasteiger partial charge < -0.3 is 10.1 Å². The zero-order valence-electron chi connectivity index (χ0n) is 9.06. The minimum Gasteiger partial charge on any atom is -0.409 e. The molecule has 0 aliphatic rings. The molecule has 4 heteroatoms. The fourth-order valence-electron chi connectivity index (χ4n) is 1.01. The molecule has 0 aromatic carbocycles. The molecule has 1 rings (SSSR count). The summed E-state index contributed by atoms with van der Waals surface area (Å²) in [5.74, 6) is 1.03. The predicted octanol–water partition coefficient (Wildman–Crippen LogP) is 2.22. The second-order valence-corrected chi connectivity index (χ2v) is 3.69. The van der Waals surface area contributed by atoms with E-state index in [0.717, 1.165) is 6.42 Å². The summed E-state index contributed by atoms with van der Waals surface area (Å²) in [7, 11) is 0. The van der Waals surface area contributed by atoms with E-state index >= 15 is 0 Å². The normalized spacial score (nSPS) is 10.1. The van der Waals surface area contributed by atoms with E-state index in [1.54, 1.807) is 18.3 Å². The molecule has 15 heavy (non-hydrogen) atoms. The van der Waals surface area contributed by atoms with Crippen molar-refractivity contribution in [3.63, 3.8) is 0 Å². The molecule has 4 nitrogen and oxygen atoms in total. The second kappa shape index (κ2) is 6.01. The first-order valence-electron chi connectivity index (χ1n) is 5.04. The maximum Gasteiger partial charge on any atom is 0.412 e. The van der Waals surface area contributed by atoms with Crippen molar-refractivity contribution in [2.45, 2.75) is 20.3 Å². The molecule has 0 spiro atoms. The molecular formula is C11H16N2O2. The van der Waals surface area contributed by atoms with E-state index < -0.39 is 6.09 Å². The highest BCUT2D eigenvalue weighted by molar-refractivity contribution is 5.70. The molecule has 0 aliphatic heterocycles. The number of amides is 1. The molecule has 0 saturated carbocycles. The Morgan fingerprint density at radius 2 is 2.40 bits per heavy atom. The zero-order chi connectivity index (χ0) is 11.1. The van der Waals surface area contributed by atoms with Gasteiger partial charge in [0, 0.05) is 12.7 Å². The number of nitrogens with one attached hydrogen (secondary N) is 1. The molecule has 0 saturated heterocycles. The third kappa shape index (κ3) is 5.00. The fraction of sp³-hybridized carbons (Fsp3) is 0.455. The molecule has 0 unspecified atom stereocenters. The van der Waals surface area contributed by atoms with Crippen molar-refractivity contribution in [2.24, 2.45) is 5.92 Å². The fourth-order valence-corrected chi connectivity index (χ4v) is 1.01. The smallest absolute Gasteiger partial charge is 0.409 e. The van der Waals surface area contributed by atoms with Crippen molar-refractivity contribution in [3.05, 3.63) is 24.5 Å². The summed E-state index contributed by atoms with van der Waals surface area (Å²) in [6, 6.07) is 3.41. The molecule has 0 fully saturated rings. The summed E-state index contributed by atoms with van der Waals surface area (Å²) in [6.45, 7) is 4.85. The third-order valence-corrected chi connectivity index (χ3v) is 1.84. The lowest BCUT2D eigenvalue weighted by molar-refractivity contribution is 0.199. The second-order valence-electron chi connectivity index (χ2n) is 3.69. The molecule has 1 aromatic rings. The Labute approximate surface area is 89.7 Å². The van der Waals surface area contributed by atoms with Gasteiger partial charge >= 0.3 is 6.09 Å². The standard InChI is InChI=1S/C11H16N2O2/c1-9(2)5-7-13-11(14)15-10-4-3-6-12-8-10/h3-4,6,8-9H,5,7H2,1-2H3,(H,13,14). The summed E-state index contributed by atoms with van der Waals surface area (Å²) < 4.78 is 4.98. The quantitative estimate of drug-likeness (QED) is 0.825. The largest absolute Gasteiger partial charge is 0.412 e. The van der Waals surface area contributed by atoms with Gasteiger partial charge in [-0.3, -0.25) is 4.98 Å². The number of aromatic nitrogens is 1. The first kappa shape index (κ1) is 11.5. The molecule has 0 radical (unpaired) electrons. The van der Waals surface area contributed by atoms with E-state index in [1.807, 2.05) is 0 Å². The van der Waals surface area contributed by atoms with Gasteiger partial charge in [-0.2, -0.15) is 0 Å². The first-order valence-corrected chi connectivity index (χ1v) is 5.04. The van der Waals surface area contributed by atoms with E-state index in [0.29, 0.717) is 18.2 Å². The van der Waals surface area contributed by atoms with Crippen LogP contribution >= 0.6 is 0 Å². The summed E-state index contributed by atoms with van der Waals surface area (Å²) in [4.78, 5) is 15.1. The van der Waals surface area contributed by atoms with Gasteiger partial charge in [0.1, 0.15) is 0 Å². The summed E-state index contributed by atoms with van der Waals surface area (Å²) in [5.41, 5.74) is 0. The predicted molar refractivity (Wildman–Crippen MR) is 57.7 cm³/mol. The molecule has 82 valence electrons. The van der Waals surface area contributed by atoms with E-state index in [-0.39, 0.29) is 0 Å². The number of hydrogen-bond acceptors (Lipinski definition) is 3. The summed E-state index contributed by atoms with van der Waals surface area (Å²) >= 11 is 0. The highest BCUT2D eigenvalue weighted by Gasteiger charge is 2.03. The topological polar surface area (TPSA) is 51.2 Å². The van der Waals surface area contributed by atoms with Crippen molar-refractivity contribution in [2.75, 3.05) is 6.54 Å². The third-order valence-electron chi connectivity index (χ3n) is 1.84. The highest BCUT2D eigenvalue weighted by Crippen LogP contribution is 2.06. The van der Waals surface area contributed by atoms with Crippen molar-refractivity contribution in [3.8, 4) is 5.75 Å². The molecule has 0 bridgehead atoms. The number of carbonyl (C=O) groups excluding carboxylic acids is 1. The minimum absolute atomic E-state index is 0.427. The average Bonchev–Trinajstić information content (AvgIpc) is 2.18. The number of rotatable bonds is 4. The van der Waals surface area contributed by atoms with Crippen LogP contribution in [0.15, 0.2) is 24.5 Å². The average molecular weight is 208 g/mol. The Bertz CT molecular complexity index is 299. The van der Waals surface area contributed by atoms with E-state index in [9.17, 15) is 4.79 Å². The Balaban J connectivity index is 2.25. The molecule has 1 amide bonds. The van der Waals surface area contributed by atoms with Crippen LogP contribution in [0.4, 0.5) is 4.79 Å². The number of nitrogens with zero attached hydrogens (tertiary/aromatic N) is 1. The molecule has 1 N–H and O–H groups in total.